The number of aromatic amines is 1. The van der Waals surface area contributed by atoms with Gasteiger partial charge in [-0.15, -0.1) is 0 Å². The third kappa shape index (κ3) is 3.70. The van der Waals surface area contributed by atoms with E-state index in [0.717, 1.165) is 0 Å². The fraction of sp³-hybridized carbons (Fsp3) is 0.333. The van der Waals surface area contributed by atoms with Crippen molar-refractivity contribution in [1.82, 2.24) is 15.3 Å². The maximum atomic E-state index is 12.1. The smallest absolute Gasteiger partial charge is 0.235 e. The minimum atomic E-state index is -3.83. The molecule has 0 radical (unpaired) electrons. The van der Waals surface area contributed by atoms with E-state index in [-0.39, 0.29) is 11.7 Å². The number of methoxy groups -OCH3 is 1. The molecule has 9 heteroatoms. The minimum absolute atomic E-state index is 0.245. The number of sulfone groups is 1. The van der Waals surface area contributed by atoms with Crippen LogP contribution in [0, 0.1) is 0 Å². The van der Waals surface area contributed by atoms with Crippen molar-refractivity contribution in [2.45, 2.75) is 5.16 Å². The van der Waals surface area contributed by atoms with E-state index in [2.05, 4.69) is 15.3 Å². The predicted molar refractivity (Wildman–Crippen MR) is 77.4 cm³/mol. The molecule has 0 spiro atoms. The summed E-state index contributed by atoms with van der Waals surface area (Å²) in [4.78, 5) is 18.2. The molecular formula is C12H16N4O4S. The Morgan fingerprint density at radius 2 is 2.24 bits per heavy atom. The lowest BCUT2D eigenvalue weighted by Crippen LogP contribution is -2.32. The summed E-state index contributed by atoms with van der Waals surface area (Å²) in [5, 5.41) is 2.20. The van der Waals surface area contributed by atoms with Gasteiger partial charge < -0.3 is 20.8 Å². The zero-order valence-corrected chi connectivity index (χ0v) is 12.2. The molecule has 0 aliphatic carbocycles. The number of aromatic nitrogens is 2. The highest BCUT2D eigenvalue weighted by Crippen LogP contribution is 2.17. The van der Waals surface area contributed by atoms with Gasteiger partial charge in [-0.3, -0.25) is 4.79 Å². The van der Waals surface area contributed by atoms with Crippen LogP contribution in [0.15, 0.2) is 23.4 Å². The van der Waals surface area contributed by atoms with E-state index in [1.54, 1.807) is 18.2 Å². The molecule has 1 aromatic carbocycles. The second-order valence-corrected chi connectivity index (χ2v) is 6.33. The van der Waals surface area contributed by atoms with Gasteiger partial charge in [0.25, 0.3) is 0 Å². The van der Waals surface area contributed by atoms with Crippen molar-refractivity contribution in [3.05, 3.63) is 18.2 Å². The average Bonchev–Trinajstić information content (AvgIpc) is 2.82. The summed E-state index contributed by atoms with van der Waals surface area (Å²) in [6, 6.07) is 4.82. The lowest BCUT2D eigenvalue weighted by Gasteiger charge is -2.03. The van der Waals surface area contributed by atoms with E-state index in [1.807, 2.05) is 0 Å². The molecule has 1 aromatic heterocycles. The normalized spacial score (nSPS) is 11.7. The summed E-state index contributed by atoms with van der Waals surface area (Å²) >= 11 is 0. The number of anilines is 1. The Kier molecular flexibility index (Phi) is 4.43. The molecule has 8 nitrogen and oxygen atoms in total. The number of rotatable bonds is 6. The molecule has 1 amide bonds. The molecule has 0 atom stereocenters. The number of nitrogens with zero attached hydrogens (tertiary/aromatic N) is 1. The molecule has 2 rings (SSSR count). The third-order valence-electron chi connectivity index (χ3n) is 2.73. The molecule has 0 aliphatic rings. The Labute approximate surface area is 121 Å². The molecule has 4 N–H and O–H groups in total. The van der Waals surface area contributed by atoms with Gasteiger partial charge in [0.15, 0.2) is 0 Å². The van der Waals surface area contributed by atoms with Gasteiger partial charge in [0.05, 0.1) is 17.6 Å². The van der Waals surface area contributed by atoms with Crippen LogP contribution < -0.4 is 11.1 Å². The van der Waals surface area contributed by atoms with E-state index in [1.165, 1.54) is 7.11 Å². The van der Waals surface area contributed by atoms with Crippen LogP contribution in [0.4, 0.5) is 5.69 Å². The lowest BCUT2D eigenvalue weighted by molar-refractivity contribution is -0.118. The number of nitrogen functional groups attached to an aromatic ring is 1. The SMILES string of the molecule is COCCNC(=O)CS(=O)(=O)c1nc2ccc(N)cc2[nH]1. The number of carbonyl (C=O) groups excluding carboxylic acids is 1. The van der Waals surface area contributed by atoms with E-state index in [4.69, 9.17) is 10.5 Å². The number of imidazole rings is 1. The van der Waals surface area contributed by atoms with Gasteiger partial charge in [0.2, 0.25) is 20.9 Å². The number of hydrogen-bond acceptors (Lipinski definition) is 6. The Morgan fingerprint density at radius 1 is 1.48 bits per heavy atom. The van der Waals surface area contributed by atoms with Crippen molar-refractivity contribution >= 4 is 32.5 Å². The van der Waals surface area contributed by atoms with Crippen molar-refractivity contribution in [2.24, 2.45) is 0 Å². The van der Waals surface area contributed by atoms with Crippen LogP contribution >= 0.6 is 0 Å². The summed E-state index contributed by atoms with van der Waals surface area (Å²) < 4.78 is 29.0. The molecule has 0 saturated heterocycles. The monoisotopic (exact) mass is 312 g/mol. The van der Waals surface area contributed by atoms with Crippen LogP contribution in [0.3, 0.4) is 0 Å². The first kappa shape index (κ1) is 15.3. The summed E-state index contributed by atoms with van der Waals surface area (Å²) in [5.41, 5.74) is 7.09. The van der Waals surface area contributed by atoms with E-state index in [9.17, 15) is 13.2 Å². The number of carbonyl (C=O) groups is 1. The van der Waals surface area contributed by atoms with E-state index < -0.39 is 21.5 Å². The van der Waals surface area contributed by atoms with Crippen LogP contribution in [0.5, 0.6) is 0 Å². The number of nitrogens with two attached hydrogens (primary N) is 1. The number of ether oxygens (including phenoxy) is 1. The van der Waals surface area contributed by atoms with Crippen LogP contribution in [0.2, 0.25) is 0 Å². The zero-order valence-electron chi connectivity index (χ0n) is 11.4. The van der Waals surface area contributed by atoms with Gasteiger partial charge >= 0.3 is 0 Å². The molecule has 2 aromatic rings. The maximum Gasteiger partial charge on any atom is 0.235 e. The first-order valence-corrected chi connectivity index (χ1v) is 7.81. The Hall–Kier alpha value is -2.13. The van der Waals surface area contributed by atoms with Gasteiger partial charge in [-0.2, -0.15) is 0 Å². The zero-order chi connectivity index (χ0) is 15.5. The average molecular weight is 312 g/mol. The number of benzene rings is 1. The van der Waals surface area contributed by atoms with Crippen molar-refractivity contribution in [1.29, 1.82) is 0 Å². The number of nitrogens with one attached hydrogen (secondary N) is 2. The summed E-state index contributed by atoms with van der Waals surface area (Å²) in [7, 11) is -2.34. The van der Waals surface area contributed by atoms with Crippen molar-refractivity contribution in [2.75, 3.05) is 31.7 Å². The quantitative estimate of drug-likeness (QED) is 0.495. The standard InChI is InChI=1S/C12H16N4O4S/c1-20-5-4-14-11(17)7-21(18,19)12-15-9-3-2-8(13)6-10(9)16-12/h2-3,6H,4-5,7,13H2,1H3,(H,14,17)(H,15,16). The molecule has 0 aliphatic heterocycles. The predicted octanol–water partition coefficient (Wildman–Crippen LogP) is -0.319. The van der Waals surface area contributed by atoms with Crippen LogP contribution in [-0.2, 0) is 19.4 Å². The third-order valence-corrected chi connectivity index (χ3v) is 4.15. The highest BCUT2D eigenvalue weighted by Gasteiger charge is 2.23. The van der Waals surface area contributed by atoms with Crippen LogP contribution in [0.25, 0.3) is 11.0 Å². The highest BCUT2D eigenvalue weighted by atomic mass is 32.2. The summed E-state index contributed by atoms with van der Waals surface area (Å²) in [6.45, 7) is 0.567. The first-order chi connectivity index (χ1) is 9.92. The summed E-state index contributed by atoms with van der Waals surface area (Å²) in [5.74, 6) is -1.28. The molecule has 0 unspecified atom stereocenters. The van der Waals surface area contributed by atoms with Gasteiger partial charge in [-0.05, 0) is 18.2 Å². The molecule has 1 heterocycles. The van der Waals surface area contributed by atoms with E-state index >= 15 is 0 Å². The molecular weight excluding hydrogens is 296 g/mol. The Morgan fingerprint density at radius 3 is 2.95 bits per heavy atom. The minimum Gasteiger partial charge on any atom is -0.399 e. The van der Waals surface area contributed by atoms with Gasteiger partial charge in [0, 0.05) is 19.3 Å². The molecule has 114 valence electrons. The number of amides is 1. The van der Waals surface area contributed by atoms with E-state index in [0.29, 0.717) is 23.3 Å². The summed E-state index contributed by atoms with van der Waals surface area (Å²) in [6.07, 6.45) is 0. The number of fused-ring (bicyclic) bond motifs is 1. The second kappa shape index (κ2) is 6.10. The lowest BCUT2D eigenvalue weighted by atomic mass is 10.3. The first-order valence-electron chi connectivity index (χ1n) is 6.16. The highest BCUT2D eigenvalue weighted by molar-refractivity contribution is 7.91. The Bertz CT molecular complexity index is 754. The number of hydrogen-bond donors (Lipinski definition) is 3. The van der Waals surface area contributed by atoms with Crippen molar-refractivity contribution in [3.63, 3.8) is 0 Å². The van der Waals surface area contributed by atoms with Gasteiger partial charge in [0.1, 0.15) is 5.75 Å². The molecule has 0 saturated carbocycles. The molecule has 0 bridgehead atoms. The maximum absolute atomic E-state index is 12.1. The molecule has 0 fully saturated rings. The largest absolute Gasteiger partial charge is 0.399 e. The second-order valence-electron chi connectivity index (χ2n) is 4.42. The van der Waals surface area contributed by atoms with Crippen LogP contribution in [0.1, 0.15) is 0 Å². The van der Waals surface area contributed by atoms with Crippen LogP contribution in [-0.4, -0.2) is 50.3 Å². The Balaban J connectivity index is 2.15. The van der Waals surface area contributed by atoms with Crippen molar-refractivity contribution in [3.8, 4) is 0 Å². The van der Waals surface area contributed by atoms with Crippen molar-refractivity contribution < 1.29 is 17.9 Å². The molecule has 21 heavy (non-hydrogen) atoms. The fourth-order valence-corrected chi connectivity index (χ4v) is 2.82. The number of H-pyrrole nitrogens is 1. The van der Waals surface area contributed by atoms with Gasteiger partial charge in [-0.25, -0.2) is 13.4 Å². The van der Waals surface area contributed by atoms with Gasteiger partial charge in [-0.1, -0.05) is 0 Å². The fourth-order valence-electron chi connectivity index (χ4n) is 1.74. The topological polar surface area (TPSA) is 127 Å².